The average molecular weight is 284 g/mol. The zero-order valence-corrected chi connectivity index (χ0v) is 12.1. The first-order valence-corrected chi connectivity index (χ1v) is 7.29. The molecule has 0 spiro atoms. The van der Waals surface area contributed by atoms with Crippen molar-refractivity contribution in [3.8, 4) is 0 Å². The number of carbonyl (C=O) groups is 1. The minimum Gasteiger partial charge on any atom is -0.272 e. The van der Waals surface area contributed by atoms with Crippen LogP contribution in [0.4, 0.5) is 0 Å². The molecule has 0 atom stereocenters. The lowest BCUT2D eigenvalue weighted by Gasteiger charge is -2.00. The number of benzene rings is 2. The second-order valence-electron chi connectivity index (χ2n) is 4.31. The van der Waals surface area contributed by atoms with Crippen molar-refractivity contribution in [1.29, 1.82) is 0 Å². The van der Waals surface area contributed by atoms with Gasteiger partial charge in [-0.25, -0.2) is 5.43 Å². The molecule has 0 aliphatic heterocycles. The van der Waals surface area contributed by atoms with Crippen molar-refractivity contribution in [2.24, 2.45) is 5.10 Å². The number of hydrazone groups is 1. The first-order valence-electron chi connectivity index (χ1n) is 6.30. The fourth-order valence-electron chi connectivity index (χ4n) is 1.63. The fourth-order valence-corrected chi connectivity index (χ4v) is 2.34. The summed E-state index contributed by atoms with van der Waals surface area (Å²) in [6.45, 7) is 2.02. The van der Waals surface area contributed by atoms with Gasteiger partial charge < -0.3 is 0 Å². The summed E-state index contributed by atoms with van der Waals surface area (Å²) in [5.74, 6) is 0.248. The molecule has 0 saturated heterocycles. The lowest BCUT2D eigenvalue weighted by molar-refractivity contribution is -0.118. The molecule has 4 heteroatoms. The monoisotopic (exact) mass is 284 g/mol. The maximum Gasteiger partial charge on any atom is 0.250 e. The van der Waals surface area contributed by atoms with E-state index in [1.165, 1.54) is 17.3 Å². The van der Waals surface area contributed by atoms with E-state index in [0.717, 1.165) is 10.5 Å². The van der Waals surface area contributed by atoms with Crippen LogP contribution in [0.15, 0.2) is 64.6 Å². The van der Waals surface area contributed by atoms with Gasteiger partial charge in [0.1, 0.15) is 0 Å². The number of thioether (sulfide) groups is 1. The van der Waals surface area contributed by atoms with Gasteiger partial charge in [0.15, 0.2) is 0 Å². The third-order valence-corrected chi connectivity index (χ3v) is 3.57. The number of rotatable bonds is 5. The van der Waals surface area contributed by atoms with Gasteiger partial charge in [0.25, 0.3) is 0 Å². The van der Waals surface area contributed by atoms with Crippen molar-refractivity contribution in [2.45, 2.75) is 11.8 Å². The second kappa shape index (κ2) is 7.50. The van der Waals surface area contributed by atoms with Gasteiger partial charge >= 0.3 is 0 Å². The molecule has 20 heavy (non-hydrogen) atoms. The van der Waals surface area contributed by atoms with E-state index in [1.54, 1.807) is 6.21 Å². The predicted octanol–water partition coefficient (Wildman–Crippen LogP) is 3.24. The van der Waals surface area contributed by atoms with Gasteiger partial charge in [-0.2, -0.15) is 5.10 Å². The van der Waals surface area contributed by atoms with Crippen LogP contribution in [0, 0.1) is 6.92 Å². The number of aryl methyl sites for hydroxylation is 1. The van der Waals surface area contributed by atoms with Gasteiger partial charge in [-0.3, -0.25) is 4.79 Å². The summed E-state index contributed by atoms with van der Waals surface area (Å²) in [7, 11) is 0. The molecule has 1 amide bonds. The quantitative estimate of drug-likeness (QED) is 0.520. The maximum atomic E-state index is 11.6. The summed E-state index contributed by atoms with van der Waals surface area (Å²) < 4.78 is 0. The molecular formula is C16H16N2OS. The first-order chi connectivity index (χ1) is 9.74. The maximum absolute atomic E-state index is 11.6. The number of nitrogens with one attached hydrogen (secondary N) is 1. The molecule has 0 aromatic heterocycles. The molecule has 2 rings (SSSR count). The summed E-state index contributed by atoms with van der Waals surface area (Å²) in [4.78, 5) is 12.7. The van der Waals surface area contributed by atoms with Crippen LogP contribution in [0.25, 0.3) is 0 Å². The molecular weight excluding hydrogens is 268 g/mol. The number of nitrogens with zero attached hydrogens (tertiary/aromatic N) is 1. The Kier molecular flexibility index (Phi) is 5.38. The van der Waals surface area contributed by atoms with E-state index in [-0.39, 0.29) is 5.91 Å². The number of hydrogen-bond donors (Lipinski definition) is 1. The Morgan fingerprint density at radius 2 is 2.00 bits per heavy atom. The number of amides is 1. The Morgan fingerprint density at radius 1 is 1.20 bits per heavy atom. The molecule has 0 fully saturated rings. The van der Waals surface area contributed by atoms with Crippen LogP contribution in [0.1, 0.15) is 11.1 Å². The van der Waals surface area contributed by atoms with E-state index in [4.69, 9.17) is 0 Å². The zero-order chi connectivity index (χ0) is 14.2. The molecule has 0 aliphatic rings. The molecule has 0 bridgehead atoms. The van der Waals surface area contributed by atoms with Crippen molar-refractivity contribution in [3.63, 3.8) is 0 Å². The van der Waals surface area contributed by atoms with E-state index in [9.17, 15) is 4.79 Å². The van der Waals surface area contributed by atoms with Crippen molar-refractivity contribution in [3.05, 3.63) is 65.7 Å². The van der Waals surface area contributed by atoms with Crippen molar-refractivity contribution >= 4 is 23.9 Å². The number of hydrogen-bond acceptors (Lipinski definition) is 3. The molecule has 0 radical (unpaired) electrons. The molecule has 0 saturated carbocycles. The van der Waals surface area contributed by atoms with E-state index < -0.39 is 0 Å². The van der Waals surface area contributed by atoms with Crippen LogP contribution in [0.3, 0.4) is 0 Å². The van der Waals surface area contributed by atoms with Crippen LogP contribution < -0.4 is 5.43 Å². The van der Waals surface area contributed by atoms with Crippen molar-refractivity contribution < 1.29 is 4.79 Å². The minimum absolute atomic E-state index is 0.109. The molecule has 3 nitrogen and oxygen atoms in total. The second-order valence-corrected chi connectivity index (χ2v) is 5.36. The lowest BCUT2D eigenvalue weighted by Crippen LogP contribution is -2.19. The van der Waals surface area contributed by atoms with E-state index in [0.29, 0.717) is 5.75 Å². The minimum atomic E-state index is -0.109. The Labute approximate surface area is 123 Å². The summed E-state index contributed by atoms with van der Waals surface area (Å²) in [6, 6.07) is 17.8. The Morgan fingerprint density at radius 3 is 2.75 bits per heavy atom. The van der Waals surface area contributed by atoms with E-state index in [1.807, 2.05) is 61.5 Å². The SMILES string of the molecule is Cc1cccc(/C=N\NC(=O)CSc2ccccc2)c1. The summed E-state index contributed by atoms with van der Waals surface area (Å²) in [6.07, 6.45) is 1.65. The third-order valence-electron chi connectivity index (χ3n) is 2.56. The third kappa shape index (κ3) is 4.90. The zero-order valence-electron chi connectivity index (χ0n) is 11.2. The summed E-state index contributed by atoms with van der Waals surface area (Å²) >= 11 is 1.49. The molecule has 2 aromatic carbocycles. The molecule has 102 valence electrons. The largest absolute Gasteiger partial charge is 0.272 e. The van der Waals surface area contributed by atoms with E-state index in [2.05, 4.69) is 10.5 Å². The highest BCUT2D eigenvalue weighted by atomic mass is 32.2. The molecule has 0 unspecified atom stereocenters. The number of carbonyl (C=O) groups excluding carboxylic acids is 1. The summed E-state index contributed by atoms with van der Waals surface area (Å²) in [5, 5.41) is 3.96. The van der Waals surface area contributed by atoms with Gasteiger partial charge in [-0.15, -0.1) is 11.8 Å². The Bertz CT molecular complexity index is 596. The Balaban J connectivity index is 1.78. The van der Waals surface area contributed by atoms with Gasteiger partial charge in [-0.05, 0) is 24.6 Å². The van der Waals surface area contributed by atoms with Crippen LogP contribution in [-0.4, -0.2) is 17.9 Å². The van der Waals surface area contributed by atoms with Crippen LogP contribution in [0.2, 0.25) is 0 Å². The highest BCUT2D eigenvalue weighted by molar-refractivity contribution is 8.00. The van der Waals surface area contributed by atoms with Gasteiger partial charge in [0, 0.05) is 4.90 Å². The van der Waals surface area contributed by atoms with Crippen LogP contribution in [-0.2, 0) is 4.79 Å². The first kappa shape index (κ1) is 14.3. The van der Waals surface area contributed by atoms with Crippen molar-refractivity contribution in [2.75, 3.05) is 5.75 Å². The van der Waals surface area contributed by atoms with Crippen molar-refractivity contribution in [1.82, 2.24) is 5.43 Å². The van der Waals surface area contributed by atoms with Crippen LogP contribution >= 0.6 is 11.8 Å². The van der Waals surface area contributed by atoms with Gasteiger partial charge in [0.2, 0.25) is 5.91 Å². The highest BCUT2D eigenvalue weighted by Gasteiger charge is 2.00. The highest BCUT2D eigenvalue weighted by Crippen LogP contribution is 2.16. The van der Waals surface area contributed by atoms with Crippen LogP contribution in [0.5, 0.6) is 0 Å². The molecule has 1 N–H and O–H groups in total. The Hall–Kier alpha value is -2.07. The fraction of sp³-hybridized carbons (Fsp3) is 0.125. The molecule has 0 heterocycles. The van der Waals surface area contributed by atoms with Gasteiger partial charge in [0.05, 0.1) is 12.0 Å². The predicted molar refractivity (Wildman–Crippen MR) is 84.1 cm³/mol. The molecule has 2 aromatic rings. The standard InChI is InChI=1S/C16H16N2OS/c1-13-6-5-7-14(10-13)11-17-18-16(19)12-20-15-8-3-2-4-9-15/h2-11H,12H2,1H3,(H,18,19)/b17-11-. The lowest BCUT2D eigenvalue weighted by atomic mass is 10.2. The normalized spacial score (nSPS) is 10.7. The molecule has 0 aliphatic carbocycles. The summed E-state index contributed by atoms with van der Waals surface area (Å²) in [5.41, 5.74) is 4.67. The van der Waals surface area contributed by atoms with E-state index >= 15 is 0 Å². The topological polar surface area (TPSA) is 41.5 Å². The van der Waals surface area contributed by atoms with Gasteiger partial charge in [-0.1, -0.05) is 48.0 Å². The average Bonchev–Trinajstić information content (AvgIpc) is 2.46. The smallest absolute Gasteiger partial charge is 0.250 e.